The van der Waals surface area contributed by atoms with Crippen LogP contribution in [0.25, 0.3) is 6.08 Å². The van der Waals surface area contributed by atoms with Crippen molar-refractivity contribution in [3.63, 3.8) is 0 Å². The molecule has 4 bridgehead atoms. The van der Waals surface area contributed by atoms with Gasteiger partial charge in [0.1, 0.15) is 0 Å². The third-order valence-electron chi connectivity index (χ3n) is 7.23. The van der Waals surface area contributed by atoms with Crippen LogP contribution >= 0.6 is 0 Å². The number of methoxy groups -OCH3 is 3. The van der Waals surface area contributed by atoms with Crippen molar-refractivity contribution in [2.45, 2.75) is 44.9 Å². The van der Waals surface area contributed by atoms with Gasteiger partial charge in [-0.1, -0.05) is 0 Å². The molecule has 0 heterocycles. The first-order valence-corrected chi connectivity index (χ1v) is 10.8. The highest BCUT2D eigenvalue weighted by molar-refractivity contribution is 5.91. The molecule has 4 aliphatic rings. The summed E-state index contributed by atoms with van der Waals surface area (Å²) in [4.78, 5) is 12.3. The fourth-order valence-electron chi connectivity index (χ4n) is 6.48. The van der Waals surface area contributed by atoms with Crippen molar-refractivity contribution in [2.75, 3.05) is 27.9 Å². The number of carbonyl (C=O) groups excluding carboxylic acids is 1. The molecule has 1 amide bonds. The molecule has 4 saturated carbocycles. The summed E-state index contributed by atoms with van der Waals surface area (Å²) in [6.45, 7) is 0.768. The van der Waals surface area contributed by atoms with Gasteiger partial charge < -0.3 is 19.5 Å². The van der Waals surface area contributed by atoms with Gasteiger partial charge in [0.25, 0.3) is 0 Å². The Hall–Kier alpha value is -2.17. The summed E-state index contributed by atoms with van der Waals surface area (Å²) < 4.78 is 16.1. The lowest BCUT2D eigenvalue weighted by Crippen LogP contribution is -2.47. The Kier molecular flexibility index (Phi) is 5.75. The van der Waals surface area contributed by atoms with E-state index in [1.54, 1.807) is 33.5 Å². The third kappa shape index (κ3) is 4.24. The molecule has 5 rings (SSSR count). The predicted molar refractivity (Wildman–Crippen MR) is 113 cm³/mol. The zero-order chi connectivity index (χ0) is 20.4. The minimum Gasteiger partial charge on any atom is -0.493 e. The first-order chi connectivity index (χ1) is 14.0. The van der Waals surface area contributed by atoms with E-state index in [0.717, 1.165) is 36.3 Å². The van der Waals surface area contributed by atoms with Crippen molar-refractivity contribution in [3.8, 4) is 17.2 Å². The zero-order valence-corrected chi connectivity index (χ0v) is 17.8. The summed E-state index contributed by atoms with van der Waals surface area (Å²) in [6.07, 6.45) is 13.0. The third-order valence-corrected chi connectivity index (χ3v) is 7.23. The zero-order valence-electron chi connectivity index (χ0n) is 17.8. The van der Waals surface area contributed by atoms with Gasteiger partial charge in [0, 0.05) is 12.6 Å². The van der Waals surface area contributed by atoms with Crippen molar-refractivity contribution in [1.29, 1.82) is 0 Å². The van der Waals surface area contributed by atoms with E-state index in [4.69, 9.17) is 14.2 Å². The molecule has 158 valence electrons. The van der Waals surface area contributed by atoms with Gasteiger partial charge in [0.2, 0.25) is 11.7 Å². The molecular formula is C24H33NO4. The van der Waals surface area contributed by atoms with E-state index in [9.17, 15) is 4.79 Å². The standard InChI is InChI=1S/C24H33NO4/c1-27-20-11-16(12-21(28-2)23(20)29-3)4-5-22(26)25-7-6-24-13-17-8-18(14-24)10-19(9-17)15-24/h4-5,11-12,17-19H,6-10,13-15H2,1-3H3,(H,25,26)/b5-4+. The number of rotatable bonds is 8. The SMILES string of the molecule is COc1cc(/C=C/C(=O)NCCC23CC4CC(CC(C4)C2)C3)cc(OC)c1OC. The van der Waals surface area contributed by atoms with Gasteiger partial charge in [-0.25, -0.2) is 0 Å². The molecule has 0 aromatic heterocycles. The Labute approximate surface area is 173 Å². The maximum Gasteiger partial charge on any atom is 0.243 e. The largest absolute Gasteiger partial charge is 0.493 e. The number of hydrogen-bond acceptors (Lipinski definition) is 4. The topological polar surface area (TPSA) is 56.8 Å². The predicted octanol–water partition coefficient (Wildman–Crippen LogP) is 4.45. The fraction of sp³-hybridized carbons (Fsp3) is 0.625. The second kappa shape index (κ2) is 8.29. The number of amides is 1. The van der Waals surface area contributed by atoms with E-state index in [-0.39, 0.29) is 5.91 Å². The number of ether oxygens (including phenoxy) is 3. The molecule has 1 aromatic rings. The molecule has 5 nitrogen and oxygen atoms in total. The average molecular weight is 400 g/mol. The van der Waals surface area contributed by atoms with Crippen molar-refractivity contribution in [3.05, 3.63) is 23.8 Å². The van der Waals surface area contributed by atoms with Crippen LogP contribution in [0.4, 0.5) is 0 Å². The Morgan fingerprint density at radius 3 is 2.03 bits per heavy atom. The molecule has 0 aliphatic heterocycles. The quantitative estimate of drug-likeness (QED) is 0.656. The molecule has 0 saturated heterocycles. The van der Waals surface area contributed by atoms with E-state index >= 15 is 0 Å². The number of nitrogens with one attached hydrogen (secondary N) is 1. The van der Waals surface area contributed by atoms with Crippen LogP contribution in [0, 0.1) is 23.2 Å². The number of benzene rings is 1. The smallest absolute Gasteiger partial charge is 0.243 e. The molecule has 0 spiro atoms. The van der Waals surface area contributed by atoms with Crippen LogP contribution in [-0.4, -0.2) is 33.8 Å². The molecule has 0 atom stereocenters. The lowest BCUT2D eigenvalue weighted by atomic mass is 9.49. The van der Waals surface area contributed by atoms with Crippen LogP contribution in [-0.2, 0) is 4.79 Å². The van der Waals surface area contributed by atoms with Crippen molar-refractivity contribution >= 4 is 12.0 Å². The van der Waals surface area contributed by atoms with Crippen LogP contribution in [0.2, 0.25) is 0 Å². The summed E-state index contributed by atoms with van der Waals surface area (Å²) in [5.74, 6) is 4.52. The summed E-state index contributed by atoms with van der Waals surface area (Å²) in [5, 5.41) is 3.09. The van der Waals surface area contributed by atoms with Gasteiger partial charge in [-0.3, -0.25) is 4.79 Å². The van der Waals surface area contributed by atoms with Crippen molar-refractivity contribution in [2.24, 2.45) is 23.2 Å². The van der Waals surface area contributed by atoms with E-state index in [1.165, 1.54) is 38.5 Å². The highest BCUT2D eigenvalue weighted by Crippen LogP contribution is 2.61. The Balaban J connectivity index is 1.33. The molecule has 29 heavy (non-hydrogen) atoms. The van der Waals surface area contributed by atoms with Crippen molar-refractivity contribution < 1.29 is 19.0 Å². The van der Waals surface area contributed by atoms with Crippen LogP contribution in [0.15, 0.2) is 18.2 Å². The van der Waals surface area contributed by atoms with Crippen LogP contribution in [0.5, 0.6) is 17.2 Å². The summed E-state index contributed by atoms with van der Waals surface area (Å²) in [7, 11) is 4.75. The van der Waals surface area contributed by atoms with Gasteiger partial charge in [-0.15, -0.1) is 0 Å². The highest BCUT2D eigenvalue weighted by Gasteiger charge is 2.50. The minimum absolute atomic E-state index is 0.0523. The van der Waals surface area contributed by atoms with Gasteiger partial charge in [0.05, 0.1) is 21.3 Å². The minimum atomic E-state index is -0.0523. The number of carbonyl (C=O) groups is 1. The molecule has 5 heteroatoms. The maximum atomic E-state index is 12.3. The van der Waals surface area contributed by atoms with Crippen molar-refractivity contribution in [1.82, 2.24) is 5.32 Å². The monoisotopic (exact) mass is 399 g/mol. The summed E-state index contributed by atoms with van der Waals surface area (Å²) >= 11 is 0. The molecule has 4 fully saturated rings. The Morgan fingerprint density at radius 2 is 1.55 bits per heavy atom. The van der Waals surface area contributed by atoms with Gasteiger partial charge in [-0.2, -0.15) is 0 Å². The van der Waals surface area contributed by atoms with E-state index in [2.05, 4.69) is 5.32 Å². The molecule has 0 radical (unpaired) electrons. The van der Waals surface area contributed by atoms with Crippen LogP contribution in [0.1, 0.15) is 50.5 Å². The fourth-order valence-corrected chi connectivity index (χ4v) is 6.48. The average Bonchev–Trinajstić information content (AvgIpc) is 2.70. The highest BCUT2D eigenvalue weighted by atomic mass is 16.5. The maximum absolute atomic E-state index is 12.3. The number of hydrogen-bond donors (Lipinski definition) is 1. The lowest BCUT2D eigenvalue weighted by molar-refractivity contribution is -0.116. The van der Waals surface area contributed by atoms with Crippen LogP contribution in [0.3, 0.4) is 0 Å². The first kappa shape index (κ1) is 20.1. The molecule has 0 unspecified atom stereocenters. The second-order valence-electron chi connectivity index (χ2n) is 9.25. The second-order valence-corrected chi connectivity index (χ2v) is 9.25. The molecule has 1 N–H and O–H groups in total. The van der Waals surface area contributed by atoms with Gasteiger partial charge in [0.15, 0.2) is 11.5 Å². The summed E-state index contributed by atoms with van der Waals surface area (Å²) in [5.41, 5.74) is 1.33. The van der Waals surface area contributed by atoms with Gasteiger partial charge in [-0.05, 0) is 91.9 Å². The normalized spacial score (nSPS) is 29.8. The van der Waals surface area contributed by atoms with Crippen LogP contribution < -0.4 is 19.5 Å². The Morgan fingerprint density at radius 1 is 1.00 bits per heavy atom. The van der Waals surface area contributed by atoms with Gasteiger partial charge >= 0.3 is 0 Å². The molecular weight excluding hydrogens is 366 g/mol. The van der Waals surface area contributed by atoms with E-state index < -0.39 is 0 Å². The Bertz CT molecular complexity index is 725. The van der Waals surface area contributed by atoms with E-state index in [1.807, 2.05) is 12.1 Å². The summed E-state index contributed by atoms with van der Waals surface area (Å²) in [6, 6.07) is 3.67. The lowest BCUT2D eigenvalue weighted by Gasteiger charge is -2.57. The molecule has 4 aliphatic carbocycles. The van der Waals surface area contributed by atoms with E-state index in [0.29, 0.717) is 22.7 Å². The molecule has 1 aromatic carbocycles. The first-order valence-electron chi connectivity index (χ1n) is 10.8.